The second kappa shape index (κ2) is 15.5. The highest BCUT2D eigenvalue weighted by atomic mass is 16.2. The van der Waals surface area contributed by atoms with Gasteiger partial charge in [-0.1, -0.05) is 58.9 Å². The number of allylic oxidation sites excluding steroid dienone is 1. The van der Waals surface area contributed by atoms with Gasteiger partial charge in [0.1, 0.15) is 17.7 Å². The van der Waals surface area contributed by atoms with Crippen LogP contribution in [0.25, 0.3) is 0 Å². The summed E-state index contributed by atoms with van der Waals surface area (Å²) in [6.07, 6.45) is 6.36. The van der Waals surface area contributed by atoms with E-state index in [1.807, 2.05) is 71.0 Å². The molecule has 44 heavy (non-hydrogen) atoms. The number of fused-ring (bicyclic) bond motifs is 1. The molecule has 1 saturated heterocycles. The van der Waals surface area contributed by atoms with Crippen molar-refractivity contribution in [1.82, 2.24) is 9.80 Å². The first-order valence-corrected chi connectivity index (χ1v) is 15.8. The number of carbonyl (C=O) groups is 2. The molecule has 5 rings (SSSR count). The third-order valence-corrected chi connectivity index (χ3v) is 7.55. The second-order valence-electron chi connectivity index (χ2n) is 11.5. The molecule has 0 saturated carbocycles. The molecule has 0 spiro atoms. The van der Waals surface area contributed by atoms with Crippen LogP contribution >= 0.6 is 0 Å². The minimum Gasteiger partial charge on any atom is -0.377 e. The molecule has 3 aliphatic rings. The van der Waals surface area contributed by atoms with Crippen LogP contribution in [0.2, 0.25) is 0 Å². The number of carbonyl (C=O) groups excluding carboxylic acids is 2. The third-order valence-electron chi connectivity index (χ3n) is 7.55. The summed E-state index contributed by atoms with van der Waals surface area (Å²) >= 11 is 0. The van der Waals surface area contributed by atoms with E-state index >= 15 is 0 Å². The van der Waals surface area contributed by atoms with Crippen LogP contribution in [-0.4, -0.2) is 72.1 Å². The van der Waals surface area contributed by atoms with Gasteiger partial charge in [-0.2, -0.15) is 0 Å². The molecular weight excluding hydrogens is 548 g/mol. The van der Waals surface area contributed by atoms with Crippen LogP contribution < -0.4 is 15.5 Å². The van der Waals surface area contributed by atoms with Crippen LogP contribution in [0.5, 0.6) is 0 Å². The van der Waals surface area contributed by atoms with Crippen molar-refractivity contribution in [1.29, 1.82) is 0 Å². The lowest BCUT2D eigenvalue weighted by Gasteiger charge is -2.46. The average molecular weight is 599 g/mol. The van der Waals surface area contributed by atoms with Crippen molar-refractivity contribution in [3.63, 3.8) is 0 Å². The number of ketones is 1. The molecule has 3 heterocycles. The number of Topliss-reactive ketones (excluding diaryl/α,β-unsaturated/α-hetero) is 1. The lowest BCUT2D eigenvalue weighted by atomic mass is 9.81. The number of piperazine rings is 1. The van der Waals surface area contributed by atoms with Gasteiger partial charge in [0.15, 0.2) is 5.78 Å². The fraction of sp³-hybridized carbons (Fsp3) is 0.417. The molecule has 1 unspecified atom stereocenters. The maximum atomic E-state index is 13.8. The van der Waals surface area contributed by atoms with Crippen LogP contribution in [-0.2, 0) is 4.79 Å². The normalized spacial score (nSPS) is 21.0. The number of benzene rings is 2. The molecule has 1 fully saturated rings. The van der Waals surface area contributed by atoms with Crippen molar-refractivity contribution in [3.05, 3.63) is 90.3 Å². The van der Waals surface area contributed by atoms with E-state index in [1.54, 1.807) is 12.1 Å². The van der Waals surface area contributed by atoms with E-state index in [1.165, 1.54) is 23.1 Å². The summed E-state index contributed by atoms with van der Waals surface area (Å²) in [5.41, 5.74) is 3.35. The highest BCUT2D eigenvalue weighted by Crippen LogP contribution is 2.35. The highest BCUT2D eigenvalue weighted by molar-refractivity contribution is 6.20. The molecule has 2 aromatic carbocycles. The number of amidine groups is 1. The quantitative estimate of drug-likeness (QED) is 0.387. The summed E-state index contributed by atoms with van der Waals surface area (Å²) in [6.45, 7) is 22.2. The number of rotatable bonds is 5. The van der Waals surface area contributed by atoms with E-state index in [4.69, 9.17) is 4.99 Å². The van der Waals surface area contributed by atoms with Crippen molar-refractivity contribution in [2.24, 2.45) is 4.99 Å². The molecular formula is C36H50N6O2. The van der Waals surface area contributed by atoms with Gasteiger partial charge < -0.3 is 20.4 Å². The SMILES string of the molecule is C=C(/N=C1\C(=C/C)C=CC(=O)N1C1C(=O)c2ccccc2NC1(C)C)Nc1ccc(N2CCN(C)CC2)cc1.CC.CCC. The van der Waals surface area contributed by atoms with Crippen LogP contribution in [0.15, 0.2) is 89.7 Å². The van der Waals surface area contributed by atoms with Crippen molar-refractivity contribution in [2.75, 3.05) is 48.8 Å². The minimum absolute atomic E-state index is 0.126. The number of likely N-dealkylation sites (N-methyl/N-ethyl adjacent to an activating group) is 1. The molecule has 1 amide bonds. The van der Waals surface area contributed by atoms with E-state index in [2.05, 4.69) is 60.0 Å². The van der Waals surface area contributed by atoms with E-state index < -0.39 is 11.6 Å². The molecule has 8 heteroatoms. The van der Waals surface area contributed by atoms with Crippen molar-refractivity contribution in [2.45, 2.75) is 66.5 Å². The van der Waals surface area contributed by atoms with E-state index in [-0.39, 0.29) is 11.7 Å². The average Bonchev–Trinajstić information content (AvgIpc) is 3.00. The summed E-state index contributed by atoms with van der Waals surface area (Å²) in [6, 6.07) is 14.8. The predicted molar refractivity (Wildman–Crippen MR) is 186 cm³/mol. The number of anilines is 3. The van der Waals surface area contributed by atoms with Gasteiger partial charge in [-0.15, -0.1) is 0 Å². The zero-order valence-electron chi connectivity index (χ0n) is 27.8. The van der Waals surface area contributed by atoms with Gasteiger partial charge in [-0.25, -0.2) is 4.99 Å². The monoisotopic (exact) mass is 598 g/mol. The van der Waals surface area contributed by atoms with Crippen molar-refractivity contribution < 1.29 is 9.59 Å². The fourth-order valence-electron chi connectivity index (χ4n) is 5.43. The summed E-state index contributed by atoms with van der Waals surface area (Å²) < 4.78 is 0. The number of para-hydroxylation sites is 1. The lowest BCUT2D eigenvalue weighted by Crippen LogP contribution is -2.63. The summed E-state index contributed by atoms with van der Waals surface area (Å²) in [5, 5.41) is 6.72. The van der Waals surface area contributed by atoms with Gasteiger partial charge in [0.2, 0.25) is 0 Å². The molecule has 2 N–H and O–H groups in total. The Hall–Kier alpha value is -4.17. The molecule has 1 atom stereocenters. The van der Waals surface area contributed by atoms with Crippen LogP contribution in [0, 0.1) is 0 Å². The van der Waals surface area contributed by atoms with Gasteiger partial charge in [0.05, 0.1) is 5.54 Å². The molecule has 0 aromatic heterocycles. The Bertz CT molecular complexity index is 1400. The molecule has 0 bridgehead atoms. The van der Waals surface area contributed by atoms with E-state index in [0.717, 1.165) is 43.1 Å². The van der Waals surface area contributed by atoms with Gasteiger partial charge in [0.25, 0.3) is 5.91 Å². The zero-order chi connectivity index (χ0) is 32.4. The Morgan fingerprint density at radius 2 is 1.64 bits per heavy atom. The van der Waals surface area contributed by atoms with Crippen molar-refractivity contribution >= 4 is 34.6 Å². The van der Waals surface area contributed by atoms with Gasteiger partial charge in [-0.05, 0) is 70.3 Å². The number of aliphatic imine (C=N–C) groups is 1. The Labute approximate surface area is 264 Å². The van der Waals surface area contributed by atoms with Crippen LogP contribution in [0.1, 0.15) is 65.2 Å². The Morgan fingerprint density at radius 3 is 2.25 bits per heavy atom. The summed E-state index contributed by atoms with van der Waals surface area (Å²) in [7, 11) is 2.15. The number of nitrogens with one attached hydrogen (secondary N) is 2. The van der Waals surface area contributed by atoms with Gasteiger partial charge in [-0.3, -0.25) is 14.5 Å². The summed E-state index contributed by atoms with van der Waals surface area (Å²) in [5.74, 6) is 0.346. The Morgan fingerprint density at radius 1 is 1.02 bits per heavy atom. The first-order valence-electron chi connectivity index (χ1n) is 15.8. The maximum Gasteiger partial charge on any atom is 0.252 e. The first kappa shape index (κ1) is 34.3. The predicted octanol–water partition coefficient (Wildman–Crippen LogP) is 6.96. The topological polar surface area (TPSA) is 80.3 Å². The minimum atomic E-state index is -0.797. The summed E-state index contributed by atoms with van der Waals surface area (Å²) in [4.78, 5) is 38.1. The van der Waals surface area contributed by atoms with E-state index in [9.17, 15) is 9.59 Å². The highest BCUT2D eigenvalue weighted by Gasteiger charge is 2.48. The Kier molecular flexibility index (Phi) is 12.1. The number of hydrogen-bond acceptors (Lipinski definition) is 7. The fourth-order valence-corrected chi connectivity index (χ4v) is 5.43. The number of hydrogen-bond donors (Lipinski definition) is 2. The third kappa shape index (κ3) is 7.85. The standard InChI is InChI=1S/C31H36N6O2.C3H8.C2H6/c1-6-22-11-16-27(38)37(29-28(39)25-9-7-8-10-26(25)34-31(29,3)4)30(22)33-21(2)32-23-12-14-24(15-13-23)36-19-17-35(5)18-20-36;1-3-2;1-2/h6-16,29,32,34H,2,17-20H2,1,3-5H3;3H2,1-2H3;1-2H3/b22-6-,33-30+;;. The largest absolute Gasteiger partial charge is 0.377 e. The molecule has 236 valence electrons. The smallest absolute Gasteiger partial charge is 0.252 e. The molecule has 3 aliphatic heterocycles. The van der Waals surface area contributed by atoms with Gasteiger partial charge >= 0.3 is 0 Å². The van der Waals surface area contributed by atoms with Crippen molar-refractivity contribution in [3.8, 4) is 0 Å². The molecule has 2 aromatic rings. The van der Waals surface area contributed by atoms with Crippen LogP contribution in [0.4, 0.5) is 17.1 Å². The second-order valence-corrected chi connectivity index (χ2v) is 11.5. The van der Waals surface area contributed by atoms with Gasteiger partial charge in [0, 0.05) is 60.5 Å². The Balaban J connectivity index is 0.000000997. The molecule has 8 nitrogen and oxygen atoms in total. The number of nitrogens with zero attached hydrogens (tertiary/aromatic N) is 4. The zero-order valence-corrected chi connectivity index (χ0v) is 27.8. The lowest BCUT2D eigenvalue weighted by molar-refractivity contribution is -0.124. The molecule has 0 radical (unpaired) electrons. The maximum absolute atomic E-state index is 13.8. The van der Waals surface area contributed by atoms with E-state index in [0.29, 0.717) is 17.2 Å². The molecule has 0 aliphatic carbocycles. The van der Waals surface area contributed by atoms with Crippen LogP contribution in [0.3, 0.4) is 0 Å². The first-order chi connectivity index (χ1) is 21.1. The number of amides is 1.